The van der Waals surface area contributed by atoms with E-state index in [-0.39, 0.29) is 5.78 Å². The van der Waals surface area contributed by atoms with Gasteiger partial charge in [0.2, 0.25) is 0 Å². The number of nitrogens with one attached hydrogen (secondary N) is 1. The second-order valence-corrected chi connectivity index (χ2v) is 3.27. The second-order valence-electron chi connectivity index (χ2n) is 3.27. The fraction of sp³-hybridized carbons (Fsp3) is 0.600. The minimum absolute atomic E-state index is 0.259. The van der Waals surface area contributed by atoms with Crippen LogP contribution in [0.4, 0.5) is 0 Å². The molecule has 1 aromatic rings. The van der Waals surface area contributed by atoms with Gasteiger partial charge in [-0.25, -0.2) is 0 Å². The monoisotopic (exact) mass is 195 g/mol. The van der Waals surface area contributed by atoms with E-state index in [9.17, 15) is 4.79 Å². The smallest absolute Gasteiger partial charge is 0.138 e. The zero-order valence-electron chi connectivity index (χ0n) is 8.79. The molecule has 0 amide bonds. The van der Waals surface area contributed by atoms with E-state index in [1.807, 2.05) is 24.9 Å². The fourth-order valence-electron chi connectivity index (χ4n) is 1.25. The molecule has 0 atom stereocenters. The van der Waals surface area contributed by atoms with E-state index >= 15 is 0 Å². The molecule has 0 aliphatic heterocycles. The van der Waals surface area contributed by atoms with Crippen molar-refractivity contribution in [2.75, 3.05) is 13.6 Å². The van der Waals surface area contributed by atoms with Gasteiger partial charge in [-0.3, -0.25) is 9.48 Å². The third kappa shape index (κ3) is 3.30. The maximum Gasteiger partial charge on any atom is 0.138 e. The summed E-state index contributed by atoms with van der Waals surface area (Å²) >= 11 is 0. The van der Waals surface area contributed by atoms with Gasteiger partial charge in [0, 0.05) is 32.1 Å². The van der Waals surface area contributed by atoms with E-state index in [1.165, 1.54) is 0 Å². The summed E-state index contributed by atoms with van der Waals surface area (Å²) in [7, 11) is 1.85. The van der Waals surface area contributed by atoms with Crippen molar-refractivity contribution in [3.63, 3.8) is 0 Å². The Hall–Kier alpha value is -1.16. The fourth-order valence-corrected chi connectivity index (χ4v) is 1.25. The van der Waals surface area contributed by atoms with E-state index in [0.717, 1.165) is 18.7 Å². The molecule has 1 N–H and O–H groups in total. The average Bonchev–Trinajstić information content (AvgIpc) is 2.62. The molecule has 1 aromatic heterocycles. The molecule has 1 rings (SSSR count). The Labute approximate surface area is 84.3 Å². The number of carbonyl (C=O) groups is 1. The Morgan fingerprint density at radius 2 is 2.43 bits per heavy atom. The predicted octanol–water partition coefficient (Wildman–Crippen LogP) is 0.624. The summed E-state index contributed by atoms with van der Waals surface area (Å²) in [6, 6.07) is 0. The van der Waals surface area contributed by atoms with Crippen LogP contribution in [0.15, 0.2) is 12.4 Å². The minimum atomic E-state index is 0.259. The highest BCUT2D eigenvalue weighted by molar-refractivity contribution is 5.80. The molecule has 0 saturated carbocycles. The summed E-state index contributed by atoms with van der Waals surface area (Å²) in [5.41, 5.74) is 1.01. The van der Waals surface area contributed by atoms with Gasteiger partial charge in [0.05, 0.1) is 6.20 Å². The number of hydrogen-bond donors (Lipinski definition) is 1. The molecule has 14 heavy (non-hydrogen) atoms. The number of aromatic nitrogens is 2. The van der Waals surface area contributed by atoms with Gasteiger partial charge in [0.25, 0.3) is 0 Å². The van der Waals surface area contributed by atoms with Crippen molar-refractivity contribution in [1.82, 2.24) is 15.1 Å². The lowest BCUT2D eigenvalue weighted by Gasteiger charge is -1.97. The first-order valence-electron chi connectivity index (χ1n) is 4.94. The lowest BCUT2D eigenvalue weighted by Crippen LogP contribution is -2.14. The molecular formula is C10H17N3O. The Morgan fingerprint density at radius 1 is 1.64 bits per heavy atom. The molecule has 4 heteroatoms. The van der Waals surface area contributed by atoms with Crippen molar-refractivity contribution in [3.05, 3.63) is 18.0 Å². The lowest BCUT2D eigenvalue weighted by molar-refractivity contribution is -0.118. The number of nitrogens with zero attached hydrogens (tertiary/aromatic N) is 2. The molecule has 0 aliphatic rings. The Balaban J connectivity index is 2.39. The molecule has 0 radical (unpaired) electrons. The molecule has 0 unspecified atom stereocenters. The lowest BCUT2D eigenvalue weighted by atomic mass is 10.1. The number of aryl methyl sites for hydroxylation is 1. The highest BCUT2D eigenvalue weighted by atomic mass is 16.1. The number of ketones is 1. The zero-order valence-corrected chi connectivity index (χ0v) is 8.79. The summed E-state index contributed by atoms with van der Waals surface area (Å²) in [6.07, 6.45) is 4.79. The van der Waals surface area contributed by atoms with E-state index in [2.05, 4.69) is 10.4 Å². The van der Waals surface area contributed by atoms with Crippen molar-refractivity contribution in [1.29, 1.82) is 0 Å². The summed E-state index contributed by atoms with van der Waals surface area (Å²) in [5.74, 6) is 0.259. The first-order chi connectivity index (χ1) is 6.76. The normalized spacial score (nSPS) is 10.4. The highest BCUT2D eigenvalue weighted by Crippen LogP contribution is 2.01. The Bertz CT molecular complexity index is 293. The van der Waals surface area contributed by atoms with Gasteiger partial charge in [-0.05, 0) is 19.5 Å². The van der Waals surface area contributed by atoms with Crippen LogP contribution in [-0.2, 0) is 17.8 Å². The van der Waals surface area contributed by atoms with E-state index in [1.54, 1.807) is 6.20 Å². The maximum atomic E-state index is 11.4. The second kappa shape index (κ2) is 5.54. The molecule has 0 fully saturated rings. The molecule has 4 nitrogen and oxygen atoms in total. The van der Waals surface area contributed by atoms with Crippen LogP contribution in [0.3, 0.4) is 0 Å². The largest absolute Gasteiger partial charge is 0.319 e. The maximum absolute atomic E-state index is 11.4. The van der Waals surface area contributed by atoms with Crippen LogP contribution in [0, 0.1) is 0 Å². The van der Waals surface area contributed by atoms with Crippen LogP contribution >= 0.6 is 0 Å². The van der Waals surface area contributed by atoms with Gasteiger partial charge in [0.15, 0.2) is 0 Å². The van der Waals surface area contributed by atoms with Gasteiger partial charge in [0.1, 0.15) is 5.78 Å². The first kappa shape index (κ1) is 10.9. The Kier molecular flexibility index (Phi) is 4.32. The number of rotatable bonds is 6. The van der Waals surface area contributed by atoms with Crippen LogP contribution in [0.5, 0.6) is 0 Å². The topological polar surface area (TPSA) is 46.9 Å². The highest BCUT2D eigenvalue weighted by Gasteiger charge is 2.04. The van der Waals surface area contributed by atoms with E-state index in [4.69, 9.17) is 0 Å². The van der Waals surface area contributed by atoms with Crippen LogP contribution < -0.4 is 5.32 Å². The first-order valence-corrected chi connectivity index (χ1v) is 4.94. The molecule has 0 bridgehead atoms. The minimum Gasteiger partial charge on any atom is -0.319 e. The van der Waals surface area contributed by atoms with E-state index < -0.39 is 0 Å². The van der Waals surface area contributed by atoms with Gasteiger partial charge in [-0.2, -0.15) is 5.10 Å². The van der Waals surface area contributed by atoms with Gasteiger partial charge < -0.3 is 5.32 Å². The number of carbonyl (C=O) groups excluding carboxylic acids is 1. The van der Waals surface area contributed by atoms with Crippen molar-refractivity contribution in [2.45, 2.75) is 26.3 Å². The predicted molar refractivity (Wildman–Crippen MR) is 55.2 cm³/mol. The van der Waals surface area contributed by atoms with E-state index in [0.29, 0.717) is 12.8 Å². The molecule has 78 valence electrons. The van der Waals surface area contributed by atoms with Crippen LogP contribution in [0.2, 0.25) is 0 Å². The zero-order chi connectivity index (χ0) is 10.4. The third-order valence-electron chi connectivity index (χ3n) is 2.07. The molecule has 1 heterocycles. The summed E-state index contributed by atoms with van der Waals surface area (Å²) < 4.78 is 1.83. The van der Waals surface area contributed by atoms with Gasteiger partial charge in [-0.1, -0.05) is 0 Å². The average molecular weight is 195 g/mol. The standard InChI is InChI=1S/C10H17N3O/c1-3-13-8-9(7-12-13)6-10(14)4-5-11-2/h7-8,11H,3-6H2,1-2H3. The van der Waals surface area contributed by atoms with Crippen LogP contribution in [0.25, 0.3) is 0 Å². The summed E-state index contributed by atoms with van der Waals surface area (Å²) in [6.45, 7) is 3.63. The van der Waals surface area contributed by atoms with Crippen molar-refractivity contribution in [3.8, 4) is 0 Å². The molecule has 0 aromatic carbocycles. The molecule has 0 saturated heterocycles. The van der Waals surface area contributed by atoms with Crippen LogP contribution in [0.1, 0.15) is 18.9 Å². The van der Waals surface area contributed by atoms with Crippen molar-refractivity contribution < 1.29 is 4.79 Å². The molecule has 0 aliphatic carbocycles. The summed E-state index contributed by atoms with van der Waals surface area (Å²) in [5, 5.41) is 7.08. The Morgan fingerprint density at radius 3 is 3.00 bits per heavy atom. The molecular weight excluding hydrogens is 178 g/mol. The van der Waals surface area contributed by atoms with Crippen LogP contribution in [-0.4, -0.2) is 29.2 Å². The van der Waals surface area contributed by atoms with Crippen molar-refractivity contribution in [2.24, 2.45) is 0 Å². The van der Waals surface area contributed by atoms with Crippen molar-refractivity contribution >= 4 is 5.78 Å². The number of hydrogen-bond acceptors (Lipinski definition) is 3. The summed E-state index contributed by atoms with van der Waals surface area (Å²) in [4.78, 5) is 11.4. The van der Waals surface area contributed by atoms with Gasteiger partial charge in [-0.15, -0.1) is 0 Å². The SMILES string of the molecule is CCn1cc(CC(=O)CCNC)cn1. The molecule has 0 spiro atoms. The quantitative estimate of drug-likeness (QED) is 0.724. The van der Waals surface area contributed by atoms with Gasteiger partial charge >= 0.3 is 0 Å². The number of Topliss-reactive ketones (excluding diaryl/α,β-unsaturated/α-hetero) is 1. The third-order valence-corrected chi connectivity index (χ3v) is 2.07.